The highest BCUT2D eigenvalue weighted by atomic mass is 16.5. The molecular formula is C11H21N3O2. The lowest BCUT2D eigenvalue weighted by Crippen LogP contribution is -2.22. The minimum atomic E-state index is -0.133. The van der Waals surface area contributed by atoms with Crippen LogP contribution < -0.4 is 5.32 Å². The van der Waals surface area contributed by atoms with Crippen molar-refractivity contribution in [2.45, 2.75) is 40.3 Å². The van der Waals surface area contributed by atoms with Crippen molar-refractivity contribution in [1.29, 1.82) is 0 Å². The summed E-state index contributed by atoms with van der Waals surface area (Å²) in [5.41, 5.74) is -0.0448. The van der Waals surface area contributed by atoms with Gasteiger partial charge in [0, 0.05) is 6.61 Å². The zero-order chi connectivity index (χ0) is 12.2. The molecule has 0 aliphatic carbocycles. The second-order valence-corrected chi connectivity index (χ2v) is 4.78. The van der Waals surface area contributed by atoms with Crippen molar-refractivity contribution < 1.29 is 9.26 Å². The van der Waals surface area contributed by atoms with Crippen LogP contribution in [0.1, 0.15) is 45.5 Å². The van der Waals surface area contributed by atoms with Crippen LogP contribution in [-0.4, -0.2) is 23.8 Å². The van der Waals surface area contributed by atoms with Gasteiger partial charge in [0.1, 0.15) is 6.10 Å². The molecule has 1 N–H and O–H groups in total. The second kappa shape index (κ2) is 5.41. The smallest absolute Gasteiger partial charge is 0.240 e. The Morgan fingerprint density at radius 1 is 1.44 bits per heavy atom. The Morgan fingerprint density at radius 2 is 2.12 bits per heavy atom. The summed E-state index contributed by atoms with van der Waals surface area (Å²) in [6.07, 6.45) is -0.133. The molecule has 0 saturated heterocycles. The second-order valence-electron chi connectivity index (χ2n) is 4.78. The van der Waals surface area contributed by atoms with Gasteiger partial charge in [0.2, 0.25) is 11.7 Å². The molecule has 1 aromatic heterocycles. The van der Waals surface area contributed by atoms with Crippen molar-refractivity contribution in [3.63, 3.8) is 0 Å². The van der Waals surface area contributed by atoms with E-state index in [0.717, 1.165) is 0 Å². The van der Waals surface area contributed by atoms with Gasteiger partial charge in [-0.25, -0.2) is 0 Å². The fourth-order valence-corrected chi connectivity index (χ4v) is 1.48. The van der Waals surface area contributed by atoms with Crippen LogP contribution >= 0.6 is 0 Å². The first kappa shape index (κ1) is 13.1. The highest BCUT2D eigenvalue weighted by Gasteiger charge is 2.31. The lowest BCUT2D eigenvalue weighted by Gasteiger charge is -2.27. The van der Waals surface area contributed by atoms with Crippen molar-refractivity contribution in [2.24, 2.45) is 5.41 Å². The fourth-order valence-electron chi connectivity index (χ4n) is 1.48. The Kier molecular flexibility index (Phi) is 4.44. The van der Waals surface area contributed by atoms with Gasteiger partial charge in [0.05, 0.1) is 6.54 Å². The van der Waals surface area contributed by atoms with Crippen molar-refractivity contribution in [3.05, 3.63) is 11.7 Å². The van der Waals surface area contributed by atoms with Gasteiger partial charge in [-0.3, -0.25) is 0 Å². The van der Waals surface area contributed by atoms with Crippen molar-refractivity contribution in [1.82, 2.24) is 15.5 Å². The van der Waals surface area contributed by atoms with Crippen molar-refractivity contribution >= 4 is 0 Å². The molecule has 0 aromatic carbocycles. The van der Waals surface area contributed by atoms with Crippen LogP contribution in [0.25, 0.3) is 0 Å². The van der Waals surface area contributed by atoms with E-state index in [1.54, 1.807) is 0 Å². The molecule has 1 heterocycles. The Bertz CT molecular complexity index is 317. The largest absolute Gasteiger partial charge is 0.370 e. The Balaban J connectivity index is 2.84. The van der Waals surface area contributed by atoms with Crippen LogP contribution in [-0.2, 0) is 11.3 Å². The number of hydrogen-bond donors (Lipinski definition) is 1. The monoisotopic (exact) mass is 227 g/mol. The third kappa shape index (κ3) is 3.28. The number of nitrogens with zero attached hydrogens (tertiary/aromatic N) is 2. The summed E-state index contributed by atoms with van der Waals surface area (Å²) < 4.78 is 10.8. The zero-order valence-corrected chi connectivity index (χ0v) is 10.7. The molecule has 5 heteroatoms. The maximum Gasteiger partial charge on any atom is 0.240 e. The quantitative estimate of drug-likeness (QED) is 0.832. The van der Waals surface area contributed by atoms with Gasteiger partial charge in [-0.05, 0) is 19.4 Å². The van der Waals surface area contributed by atoms with Crippen LogP contribution in [0.3, 0.4) is 0 Å². The summed E-state index contributed by atoms with van der Waals surface area (Å²) in [6, 6.07) is 0. The van der Waals surface area contributed by atoms with E-state index < -0.39 is 0 Å². The number of aromatic nitrogens is 2. The minimum absolute atomic E-state index is 0.0448. The summed E-state index contributed by atoms with van der Waals surface area (Å²) in [6.45, 7) is 9.48. The van der Waals surface area contributed by atoms with E-state index in [9.17, 15) is 0 Å². The SMILES string of the molecule is CCOC(c1noc(CNC)n1)C(C)(C)C. The normalized spacial score (nSPS) is 14.1. The van der Waals surface area contributed by atoms with Gasteiger partial charge >= 0.3 is 0 Å². The summed E-state index contributed by atoms with van der Waals surface area (Å²) in [5.74, 6) is 1.21. The van der Waals surface area contributed by atoms with Crippen LogP contribution in [0.2, 0.25) is 0 Å². The molecule has 0 fully saturated rings. The third-order valence-electron chi connectivity index (χ3n) is 2.17. The van der Waals surface area contributed by atoms with E-state index in [4.69, 9.17) is 9.26 Å². The maximum absolute atomic E-state index is 5.68. The van der Waals surface area contributed by atoms with E-state index in [-0.39, 0.29) is 11.5 Å². The van der Waals surface area contributed by atoms with E-state index in [1.807, 2.05) is 14.0 Å². The van der Waals surface area contributed by atoms with E-state index in [1.165, 1.54) is 0 Å². The standard InChI is InChI=1S/C11H21N3O2/c1-6-15-9(11(2,3)4)10-13-8(7-12-5)16-14-10/h9,12H,6-7H2,1-5H3. The van der Waals surface area contributed by atoms with Gasteiger partial charge in [-0.15, -0.1) is 0 Å². The fraction of sp³-hybridized carbons (Fsp3) is 0.818. The summed E-state index contributed by atoms with van der Waals surface area (Å²) >= 11 is 0. The minimum Gasteiger partial charge on any atom is -0.370 e. The predicted molar refractivity (Wildman–Crippen MR) is 60.9 cm³/mol. The Morgan fingerprint density at radius 3 is 2.62 bits per heavy atom. The molecule has 92 valence electrons. The van der Waals surface area contributed by atoms with E-state index in [0.29, 0.717) is 24.9 Å². The molecule has 0 aliphatic heterocycles. The number of nitrogens with one attached hydrogen (secondary N) is 1. The molecular weight excluding hydrogens is 206 g/mol. The lowest BCUT2D eigenvalue weighted by atomic mass is 9.88. The van der Waals surface area contributed by atoms with Gasteiger partial charge < -0.3 is 14.6 Å². The van der Waals surface area contributed by atoms with Crippen LogP contribution in [0, 0.1) is 5.41 Å². The summed E-state index contributed by atoms with van der Waals surface area (Å²) in [7, 11) is 1.84. The van der Waals surface area contributed by atoms with Gasteiger partial charge in [0.15, 0.2) is 0 Å². The van der Waals surface area contributed by atoms with Gasteiger partial charge in [-0.1, -0.05) is 25.9 Å². The molecule has 5 nitrogen and oxygen atoms in total. The first-order valence-electron chi connectivity index (χ1n) is 5.57. The van der Waals surface area contributed by atoms with Crippen LogP contribution in [0.5, 0.6) is 0 Å². The first-order chi connectivity index (χ1) is 7.49. The average Bonchev–Trinajstić information content (AvgIpc) is 2.61. The first-order valence-corrected chi connectivity index (χ1v) is 5.57. The highest BCUT2D eigenvalue weighted by molar-refractivity contribution is 4.96. The molecule has 1 aromatic rings. The summed E-state index contributed by atoms with van der Waals surface area (Å²) in [4.78, 5) is 4.32. The molecule has 0 bridgehead atoms. The Labute approximate surface area is 96.6 Å². The molecule has 1 atom stereocenters. The number of ether oxygens (including phenoxy) is 1. The average molecular weight is 227 g/mol. The summed E-state index contributed by atoms with van der Waals surface area (Å²) in [5, 5.41) is 6.94. The molecule has 0 radical (unpaired) electrons. The maximum atomic E-state index is 5.68. The van der Waals surface area contributed by atoms with E-state index in [2.05, 4.69) is 36.2 Å². The molecule has 1 rings (SSSR count). The van der Waals surface area contributed by atoms with Crippen LogP contribution in [0.4, 0.5) is 0 Å². The van der Waals surface area contributed by atoms with Crippen molar-refractivity contribution in [3.8, 4) is 0 Å². The van der Waals surface area contributed by atoms with Crippen LogP contribution in [0.15, 0.2) is 4.52 Å². The van der Waals surface area contributed by atoms with Gasteiger partial charge in [0.25, 0.3) is 0 Å². The lowest BCUT2D eigenvalue weighted by molar-refractivity contribution is -0.0203. The predicted octanol–water partition coefficient (Wildman–Crippen LogP) is 1.91. The highest BCUT2D eigenvalue weighted by Crippen LogP contribution is 2.34. The number of rotatable bonds is 5. The van der Waals surface area contributed by atoms with Crippen molar-refractivity contribution in [2.75, 3.05) is 13.7 Å². The molecule has 0 spiro atoms. The van der Waals surface area contributed by atoms with E-state index >= 15 is 0 Å². The molecule has 0 aliphatic rings. The third-order valence-corrected chi connectivity index (χ3v) is 2.17. The molecule has 0 amide bonds. The Hall–Kier alpha value is -0.940. The molecule has 0 saturated carbocycles. The molecule has 1 unspecified atom stereocenters. The zero-order valence-electron chi connectivity index (χ0n) is 10.7. The van der Waals surface area contributed by atoms with Gasteiger partial charge in [-0.2, -0.15) is 4.98 Å². The molecule has 16 heavy (non-hydrogen) atoms. The number of hydrogen-bond acceptors (Lipinski definition) is 5. The topological polar surface area (TPSA) is 60.2 Å².